The summed E-state index contributed by atoms with van der Waals surface area (Å²) in [4.78, 5) is 11.3. The molecule has 0 atom stereocenters. The van der Waals surface area contributed by atoms with Crippen LogP contribution < -0.4 is 9.47 Å². The van der Waals surface area contributed by atoms with Gasteiger partial charge < -0.3 is 19.1 Å². The van der Waals surface area contributed by atoms with Crippen LogP contribution in [0.15, 0.2) is 18.3 Å². The number of benzene rings is 1. The third kappa shape index (κ3) is 1.84. The van der Waals surface area contributed by atoms with E-state index in [-0.39, 0.29) is 18.4 Å². The smallest absolute Gasteiger partial charge is 0.338 e. The van der Waals surface area contributed by atoms with Crippen LogP contribution in [0.4, 0.5) is 0 Å². The van der Waals surface area contributed by atoms with E-state index in [4.69, 9.17) is 21.7 Å². The zero-order valence-corrected chi connectivity index (χ0v) is 11.9. The second kappa shape index (κ2) is 4.49. The number of hydrogen-bond acceptors (Lipinski definition) is 4. The first kappa shape index (κ1) is 12.9. The highest BCUT2D eigenvalue weighted by Gasteiger charge is 2.19. The Kier molecular flexibility index (Phi) is 2.90. The van der Waals surface area contributed by atoms with E-state index < -0.39 is 5.97 Å². The van der Waals surface area contributed by atoms with Crippen LogP contribution in [0.5, 0.6) is 11.5 Å². The van der Waals surface area contributed by atoms with E-state index >= 15 is 0 Å². The molecule has 1 aromatic heterocycles. The molecule has 1 N–H and O–H groups in total. The van der Waals surface area contributed by atoms with E-state index in [1.807, 2.05) is 24.5 Å². The molecular formula is C14H13NO4S. The Morgan fingerprint density at radius 2 is 2.00 bits per heavy atom. The Balaban J connectivity index is 2.44. The molecule has 104 valence electrons. The van der Waals surface area contributed by atoms with Crippen LogP contribution >= 0.6 is 12.2 Å². The van der Waals surface area contributed by atoms with Gasteiger partial charge in [-0.3, -0.25) is 0 Å². The average molecular weight is 291 g/mol. The number of carboxylic acids is 1. The van der Waals surface area contributed by atoms with E-state index in [9.17, 15) is 9.90 Å². The highest BCUT2D eigenvalue weighted by Crippen LogP contribution is 2.37. The van der Waals surface area contributed by atoms with E-state index in [1.54, 1.807) is 12.3 Å². The number of rotatable bonds is 2. The molecule has 2 aromatic rings. The van der Waals surface area contributed by atoms with Crippen molar-refractivity contribution >= 4 is 29.1 Å². The molecule has 0 aliphatic carbocycles. The van der Waals surface area contributed by atoms with Gasteiger partial charge in [-0.1, -0.05) is 12.2 Å². The molecule has 0 saturated carbocycles. The lowest BCUT2D eigenvalue weighted by atomic mass is 10.1. The third-order valence-electron chi connectivity index (χ3n) is 3.31. The van der Waals surface area contributed by atoms with Gasteiger partial charge in [0.2, 0.25) is 6.79 Å². The summed E-state index contributed by atoms with van der Waals surface area (Å²) < 4.78 is 12.9. The van der Waals surface area contributed by atoms with Gasteiger partial charge in [0.25, 0.3) is 0 Å². The number of carboxylic acid groups (broad SMARTS) is 1. The number of pyridine rings is 1. The van der Waals surface area contributed by atoms with Crippen molar-refractivity contribution in [2.45, 2.75) is 19.9 Å². The first-order chi connectivity index (χ1) is 9.49. The van der Waals surface area contributed by atoms with E-state index in [0.717, 1.165) is 5.52 Å². The van der Waals surface area contributed by atoms with Gasteiger partial charge in [-0.25, -0.2) is 4.79 Å². The van der Waals surface area contributed by atoms with Gasteiger partial charge in [0.05, 0.1) is 15.6 Å². The van der Waals surface area contributed by atoms with Crippen molar-refractivity contribution in [2.75, 3.05) is 6.79 Å². The summed E-state index contributed by atoms with van der Waals surface area (Å²) in [6, 6.07) is 3.70. The average Bonchev–Trinajstić information content (AvgIpc) is 2.83. The largest absolute Gasteiger partial charge is 0.478 e. The normalized spacial score (nSPS) is 13.2. The van der Waals surface area contributed by atoms with Crippen molar-refractivity contribution in [2.24, 2.45) is 0 Å². The molecule has 1 aromatic carbocycles. The Bertz CT molecular complexity index is 779. The van der Waals surface area contributed by atoms with Crippen molar-refractivity contribution in [1.29, 1.82) is 0 Å². The number of nitrogens with zero attached hydrogens (tertiary/aromatic N) is 1. The van der Waals surface area contributed by atoms with Crippen molar-refractivity contribution in [3.63, 3.8) is 0 Å². The Hall–Kier alpha value is -2.08. The third-order valence-corrected chi connectivity index (χ3v) is 3.75. The molecule has 1 aliphatic rings. The van der Waals surface area contributed by atoms with Gasteiger partial charge in [0, 0.05) is 23.7 Å². The molecule has 0 bridgehead atoms. The second-order valence-corrected chi connectivity index (χ2v) is 5.31. The molecule has 3 rings (SSSR count). The monoisotopic (exact) mass is 291 g/mol. The number of hydrogen-bond donors (Lipinski definition) is 1. The molecule has 0 spiro atoms. The molecule has 20 heavy (non-hydrogen) atoms. The minimum Gasteiger partial charge on any atom is -0.478 e. The fourth-order valence-electron chi connectivity index (χ4n) is 2.32. The molecule has 6 heteroatoms. The molecule has 2 heterocycles. The maximum absolute atomic E-state index is 11.3. The van der Waals surface area contributed by atoms with E-state index in [1.165, 1.54) is 0 Å². The predicted octanol–water partition coefficient (Wildman–Crippen LogP) is 3.38. The van der Waals surface area contributed by atoms with Gasteiger partial charge in [0.15, 0.2) is 11.5 Å². The van der Waals surface area contributed by atoms with Crippen molar-refractivity contribution in [3.8, 4) is 11.5 Å². The lowest BCUT2D eigenvalue weighted by Crippen LogP contribution is -2.08. The number of aromatic carboxylic acids is 1. The summed E-state index contributed by atoms with van der Waals surface area (Å²) in [6.07, 6.45) is 1.58. The maximum atomic E-state index is 11.3. The molecule has 1 aliphatic heterocycles. The van der Waals surface area contributed by atoms with Gasteiger partial charge in [-0.2, -0.15) is 0 Å². The molecule has 0 fully saturated rings. The fraction of sp³-hybridized carbons (Fsp3) is 0.286. The number of carbonyl (C=O) groups is 1. The van der Waals surface area contributed by atoms with Gasteiger partial charge in [-0.05, 0) is 19.9 Å². The standard InChI is InChI=1S/C14H13NO4S/c1-7(2)15-5-9(14(16)17)13(20)8-3-11-12(4-10(8)15)19-6-18-11/h3-5,7H,6H2,1-2H3,(H,16,17). The van der Waals surface area contributed by atoms with Crippen LogP contribution in [0.25, 0.3) is 10.9 Å². The summed E-state index contributed by atoms with van der Waals surface area (Å²) in [5.41, 5.74) is 0.972. The number of aromatic nitrogens is 1. The van der Waals surface area contributed by atoms with Gasteiger partial charge >= 0.3 is 5.97 Å². The highest BCUT2D eigenvalue weighted by atomic mass is 32.1. The first-order valence-corrected chi connectivity index (χ1v) is 6.61. The summed E-state index contributed by atoms with van der Waals surface area (Å²) in [6.45, 7) is 4.14. The van der Waals surface area contributed by atoms with Crippen LogP contribution in [0.1, 0.15) is 30.2 Å². The predicted molar refractivity (Wildman–Crippen MR) is 76.2 cm³/mol. The summed E-state index contributed by atoms with van der Waals surface area (Å²) in [5.74, 6) is 0.231. The maximum Gasteiger partial charge on any atom is 0.338 e. The van der Waals surface area contributed by atoms with Crippen LogP contribution in [-0.4, -0.2) is 22.4 Å². The van der Waals surface area contributed by atoms with Gasteiger partial charge in [-0.15, -0.1) is 0 Å². The van der Waals surface area contributed by atoms with Crippen molar-refractivity contribution in [1.82, 2.24) is 4.57 Å². The minimum atomic E-state index is -1.02. The number of ether oxygens (including phenoxy) is 2. The topological polar surface area (TPSA) is 60.7 Å². The van der Waals surface area contributed by atoms with E-state index in [0.29, 0.717) is 21.4 Å². The summed E-state index contributed by atoms with van der Waals surface area (Å²) in [7, 11) is 0. The highest BCUT2D eigenvalue weighted by molar-refractivity contribution is 7.71. The lowest BCUT2D eigenvalue weighted by Gasteiger charge is -2.17. The number of fused-ring (bicyclic) bond motifs is 2. The Morgan fingerprint density at radius 1 is 1.35 bits per heavy atom. The first-order valence-electron chi connectivity index (χ1n) is 6.21. The van der Waals surface area contributed by atoms with E-state index in [2.05, 4.69) is 0 Å². The molecule has 0 saturated heterocycles. The summed E-state index contributed by atoms with van der Waals surface area (Å²) >= 11 is 5.30. The quantitative estimate of drug-likeness (QED) is 0.859. The zero-order chi connectivity index (χ0) is 14.4. The molecule has 5 nitrogen and oxygen atoms in total. The second-order valence-electron chi connectivity index (χ2n) is 4.90. The zero-order valence-electron chi connectivity index (χ0n) is 11.0. The van der Waals surface area contributed by atoms with Crippen LogP contribution in [0, 0.1) is 4.51 Å². The van der Waals surface area contributed by atoms with Gasteiger partial charge in [0.1, 0.15) is 0 Å². The lowest BCUT2D eigenvalue weighted by molar-refractivity contribution is 0.0695. The SMILES string of the molecule is CC(C)n1cc(C(=O)O)c(=S)c2cc3c(cc21)OCO3. The van der Waals surface area contributed by atoms with Crippen molar-refractivity contribution < 1.29 is 19.4 Å². The fourth-order valence-corrected chi connectivity index (χ4v) is 2.62. The molecular weight excluding hydrogens is 278 g/mol. The van der Waals surface area contributed by atoms with Crippen LogP contribution in [0.3, 0.4) is 0 Å². The van der Waals surface area contributed by atoms with Crippen LogP contribution in [-0.2, 0) is 0 Å². The Labute approximate surface area is 120 Å². The molecule has 0 radical (unpaired) electrons. The van der Waals surface area contributed by atoms with Crippen molar-refractivity contribution in [3.05, 3.63) is 28.4 Å². The Morgan fingerprint density at radius 3 is 2.60 bits per heavy atom. The molecule has 0 unspecified atom stereocenters. The van der Waals surface area contributed by atoms with Crippen LogP contribution in [0.2, 0.25) is 0 Å². The summed E-state index contributed by atoms with van der Waals surface area (Å²) in [5, 5.41) is 9.98. The molecule has 0 amide bonds. The minimum absolute atomic E-state index is 0.103.